The van der Waals surface area contributed by atoms with Gasteiger partial charge in [-0.15, -0.1) is 0 Å². The number of ether oxygens (including phenoxy) is 2. The van der Waals surface area contributed by atoms with Gasteiger partial charge in [0.25, 0.3) is 5.79 Å². The number of carbonyl (C=O) groups excluding carboxylic acids is 2. The number of esters is 2. The Morgan fingerprint density at radius 2 is 1.90 bits per heavy atom. The molecule has 1 fully saturated rings. The normalized spacial score (nSPS) is 19.0. The van der Waals surface area contributed by atoms with Gasteiger partial charge in [0.05, 0.1) is 11.9 Å². The van der Waals surface area contributed by atoms with E-state index in [9.17, 15) is 18.4 Å². The highest BCUT2D eigenvalue weighted by Crippen LogP contribution is 2.23. The molecule has 106 valence electrons. The standard InChI is InChI=1S/C12H10F2N2O4/c1-12(2)19-10(17)7(11(18)20-12)5-15-6-3-8(13)9(14)16-4-6/h3-5,7H,1-2H3. The summed E-state index contributed by atoms with van der Waals surface area (Å²) in [5, 5.41) is 0. The zero-order valence-corrected chi connectivity index (χ0v) is 10.6. The van der Waals surface area contributed by atoms with Crippen molar-refractivity contribution >= 4 is 23.8 Å². The highest BCUT2D eigenvalue weighted by molar-refractivity contribution is 6.10. The molecule has 0 bridgehead atoms. The Kier molecular flexibility index (Phi) is 3.47. The third-order valence-corrected chi connectivity index (χ3v) is 2.36. The molecule has 1 aliphatic rings. The van der Waals surface area contributed by atoms with Gasteiger partial charge in [-0.05, 0) is 0 Å². The van der Waals surface area contributed by atoms with Crippen molar-refractivity contribution in [2.75, 3.05) is 0 Å². The summed E-state index contributed by atoms with van der Waals surface area (Å²) in [6.45, 7) is 2.82. The molecule has 1 aromatic rings. The van der Waals surface area contributed by atoms with Crippen molar-refractivity contribution in [2.24, 2.45) is 10.9 Å². The lowest BCUT2D eigenvalue weighted by Crippen LogP contribution is -2.46. The van der Waals surface area contributed by atoms with Crippen molar-refractivity contribution in [3.05, 3.63) is 24.0 Å². The molecule has 0 aromatic carbocycles. The van der Waals surface area contributed by atoms with Gasteiger partial charge >= 0.3 is 11.9 Å². The summed E-state index contributed by atoms with van der Waals surface area (Å²) in [7, 11) is 0. The number of hydrogen-bond donors (Lipinski definition) is 0. The summed E-state index contributed by atoms with van der Waals surface area (Å²) < 4.78 is 35.3. The predicted octanol–water partition coefficient (Wildman–Crippen LogP) is 1.51. The summed E-state index contributed by atoms with van der Waals surface area (Å²) in [4.78, 5) is 30.0. The van der Waals surface area contributed by atoms with Gasteiger partial charge in [-0.3, -0.25) is 14.6 Å². The zero-order valence-electron chi connectivity index (χ0n) is 10.6. The number of hydrogen-bond acceptors (Lipinski definition) is 6. The first-order valence-electron chi connectivity index (χ1n) is 5.59. The molecule has 2 rings (SSSR count). The Labute approximate surface area is 112 Å². The molecule has 0 atom stereocenters. The van der Waals surface area contributed by atoms with Crippen LogP contribution in [0.3, 0.4) is 0 Å². The molecular weight excluding hydrogens is 274 g/mol. The van der Waals surface area contributed by atoms with Crippen molar-refractivity contribution in [1.82, 2.24) is 4.98 Å². The number of aromatic nitrogens is 1. The van der Waals surface area contributed by atoms with E-state index < -0.39 is 35.4 Å². The molecule has 1 saturated heterocycles. The predicted molar refractivity (Wildman–Crippen MR) is 62.1 cm³/mol. The summed E-state index contributed by atoms with van der Waals surface area (Å²) in [5.41, 5.74) is -0.0469. The van der Waals surface area contributed by atoms with E-state index in [4.69, 9.17) is 9.47 Å². The minimum atomic E-state index is -1.35. The summed E-state index contributed by atoms with van der Waals surface area (Å²) in [5.74, 6) is -6.79. The van der Waals surface area contributed by atoms with Crippen LogP contribution in [0, 0.1) is 17.7 Å². The van der Waals surface area contributed by atoms with Crippen LogP contribution in [0.25, 0.3) is 0 Å². The molecule has 0 aliphatic carbocycles. The summed E-state index contributed by atoms with van der Waals surface area (Å²) >= 11 is 0. The molecule has 0 amide bonds. The van der Waals surface area contributed by atoms with Crippen LogP contribution in [-0.2, 0) is 19.1 Å². The van der Waals surface area contributed by atoms with Crippen LogP contribution in [0.4, 0.5) is 14.5 Å². The van der Waals surface area contributed by atoms with E-state index in [1.54, 1.807) is 0 Å². The number of halogens is 2. The van der Waals surface area contributed by atoms with E-state index in [1.165, 1.54) is 13.8 Å². The zero-order chi connectivity index (χ0) is 14.9. The van der Waals surface area contributed by atoms with E-state index in [0.717, 1.165) is 18.5 Å². The smallest absolute Gasteiger partial charge is 0.329 e. The van der Waals surface area contributed by atoms with Crippen LogP contribution < -0.4 is 0 Å². The maximum Gasteiger partial charge on any atom is 0.329 e. The third-order valence-electron chi connectivity index (χ3n) is 2.36. The fraction of sp³-hybridized carbons (Fsp3) is 0.333. The minimum absolute atomic E-state index is 0.0469. The Hall–Kier alpha value is -2.38. The molecule has 1 aromatic heterocycles. The van der Waals surface area contributed by atoms with Crippen LogP contribution in [0.5, 0.6) is 0 Å². The van der Waals surface area contributed by atoms with Crippen molar-refractivity contribution in [3.63, 3.8) is 0 Å². The third kappa shape index (κ3) is 2.95. The summed E-state index contributed by atoms with van der Waals surface area (Å²) in [6, 6.07) is 0.780. The first-order chi connectivity index (χ1) is 9.28. The SMILES string of the molecule is CC1(C)OC(=O)C(C=Nc2cnc(F)c(F)c2)C(=O)O1. The average Bonchev–Trinajstić information content (AvgIpc) is 2.31. The lowest BCUT2D eigenvalue weighted by Gasteiger charge is -2.31. The highest BCUT2D eigenvalue weighted by Gasteiger charge is 2.42. The van der Waals surface area contributed by atoms with Gasteiger partial charge in [0, 0.05) is 26.1 Å². The number of nitrogens with zero attached hydrogens (tertiary/aromatic N) is 2. The van der Waals surface area contributed by atoms with Gasteiger partial charge in [-0.1, -0.05) is 0 Å². The van der Waals surface area contributed by atoms with Gasteiger partial charge < -0.3 is 9.47 Å². The molecule has 0 radical (unpaired) electrons. The molecule has 0 unspecified atom stereocenters. The molecule has 1 aliphatic heterocycles. The van der Waals surface area contributed by atoms with Crippen LogP contribution in [0.2, 0.25) is 0 Å². The Morgan fingerprint density at radius 1 is 1.30 bits per heavy atom. The van der Waals surface area contributed by atoms with Gasteiger partial charge in [0.2, 0.25) is 5.95 Å². The topological polar surface area (TPSA) is 77.9 Å². The van der Waals surface area contributed by atoms with E-state index in [1.807, 2.05) is 0 Å². The molecular formula is C12H10F2N2O4. The highest BCUT2D eigenvalue weighted by atomic mass is 19.2. The average molecular weight is 284 g/mol. The molecule has 2 heterocycles. The van der Waals surface area contributed by atoms with Gasteiger partial charge in [-0.25, -0.2) is 9.37 Å². The monoisotopic (exact) mass is 284 g/mol. The van der Waals surface area contributed by atoms with Crippen LogP contribution in [-0.4, -0.2) is 28.9 Å². The Morgan fingerprint density at radius 3 is 2.45 bits per heavy atom. The minimum Gasteiger partial charge on any atom is -0.422 e. The van der Waals surface area contributed by atoms with Crippen molar-refractivity contribution in [1.29, 1.82) is 0 Å². The fourth-order valence-electron chi connectivity index (χ4n) is 1.49. The maximum absolute atomic E-state index is 12.9. The van der Waals surface area contributed by atoms with Crippen LogP contribution in [0.15, 0.2) is 17.3 Å². The Bertz CT molecular complexity index is 581. The van der Waals surface area contributed by atoms with E-state index in [0.29, 0.717) is 0 Å². The number of aliphatic imine (C=N–C) groups is 1. The van der Waals surface area contributed by atoms with Crippen LogP contribution >= 0.6 is 0 Å². The first-order valence-corrected chi connectivity index (χ1v) is 5.59. The molecule has 6 nitrogen and oxygen atoms in total. The quantitative estimate of drug-likeness (QED) is 0.356. The van der Waals surface area contributed by atoms with E-state index in [-0.39, 0.29) is 5.69 Å². The molecule has 8 heteroatoms. The van der Waals surface area contributed by atoms with Crippen molar-refractivity contribution < 1.29 is 27.8 Å². The van der Waals surface area contributed by atoms with Gasteiger partial charge in [-0.2, -0.15) is 4.39 Å². The fourth-order valence-corrected chi connectivity index (χ4v) is 1.49. The van der Waals surface area contributed by atoms with E-state index >= 15 is 0 Å². The van der Waals surface area contributed by atoms with Gasteiger partial charge in [0.1, 0.15) is 0 Å². The number of cyclic esters (lactones) is 2. The first kappa shape index (κ1) is 14.0. The second-order valence-corrected chi connectivity index (χ2v) is 4.46. The van der Waals surface area contributed by atoms with Crippen molar-refractivity contribution in [3.8, 4) is 0 Å². The largest absolute Gasteiger partial charge is 0.422 e. The summed E-state index contributed by atoms with van der Waals surface area (Å²) in [6.07, 6.45) is 1.90. The molecule has 0 saturated carbocycles. The lowest BCUT2D eigenvalue weighted by molar-refractivity contribution is -0.235. The number of rotatable bonds is 2. The lowest BCUT2D eigenvalue weighted by atomic mass is 10.1. The van der Waals surface area contributed by atoms with E-state index in [2.05, 4.69) is 9.98 Å². The maximum atomic E-state index is 12.9. The van der Waals surface area contributed by atoms with Crippen molar-refractivity contribution in [2.45, 2.75) is 19.6 Å². The van der Waals surface area contributed by atoms with Crippen LogP contribution in [0.1, 0.15) is 13.8 Å². The second kappa shape index (κ2) is 4.95. The number of carbonyl (C=O) groups is 2. The molecule has 20 heavy (non-hydrogen) atoms. The Balaban J connectivity index is 2.16. The van der Waals surface area contributed by atoms with Gasteiger partial charge in [0.15, 0.2) is 11.7 Å². The molecule has 0 N–H and O–H groups in total. The molecule has 0 spiro atoms. The number of pyridine rings is 1. The second-order valence-electron chi connectivity index (χ2n) is 4.46.